The van der Waals surface area contributed by atoms with E-state index in [0.29, 0.717) is 29.2 Å². The van der Waals surface area contributed by atoms with Gasteiger partial charge in [-0.25, -0.2) is 9.80 Å². The summed E-state index contributed by atoms with van der Waals surface area (Å²) < 4.78 is 11.1. The number of rotatable bonds is 5. The third-order valence-corrected chi connectivity index (χ3v) is 6.24. The number of ether oxygens (including phenoxy) is 2. The summed E-state index contributed by atoms with van der Waals surface area (Å²) >= 11 is 0. The lowest BCUT2D eigenvalue weighted by Crippen LogP contribution is -2.41. The monoisotopic (exact) mass is 486 g/mol. The third-order valence-electron chi connectivity index (χ3n) is 6.24. The van der Waals surface area contributed by atoms with E-state index in [0.717, 1.165) is 27.9 Å². The molecule has 0 aliphatic carbocycles. The molecule has 1 atom stereocenters. The van der Waals surface area contributed by atoms with Gasteiger partial charge in [-0.05, 0) is 61.7 Å². The molecule has 186 valence electrons. The number of hydrazone groups is 1. The predicted octanol–water partition coefficient (Wildman–Crippen LogP) is 4.60. The Labute approximate surface area is 210 Å². The molecule has 0 spiro atoms. The minimum atomic E-state index is -0.305. The molecule has 1 heterocycles. The summed E-state index contributed by atoms with van der Waals surface area (Å²) in [5.74, 6) is 0.977. The van der Waals surface area contributed by atoms with E-state index in [1.165, 1.54) is 5.01 Å². The number of methoxy groups -OCH3 is 2. The number of hydrogen-bond acceptors (Lipinski definition) is 5. The summed E-state index contributed by atoms with van der Waals surface area (Å²) in [6.45, 7) is 3.89. The Morgan fingerprint density at radius 2 is 1.67 bits per heavy atom. The average Bonchev–Trinajstić information content (AvgIpc) is 3.04. The Balaban J connectivity index is 1.75. The highest BCUT2D eigenvalue weighted by Crippen LogP contribution is 2.34. The largest absolute Gasteiger partial charge is 0.493 e. The second-order valence-corrected chi connectivity index (χ2v) is 8.61. The number of aryl methyl sites for hydroxylation is 1. The molecule has 1 unspecified atom stereocenters. The second-order valence-electron chi connectivity index (χ2n) is 8.61. The maximum atomic E-state index is 12.9. The number of carbonyl (C=O) groups excluding carboxylic acids is 2. The summed E-state index contributed by atoms with van der Waals surface area (Å²) in [7, 11) is 4.76. The fourth-order valence-corrected chi connectivity index (χ4v) is 4.24. The number of para-hydroxylation sites is 1. The minimum absolute atomic E-state index is 0.196. The van der Waals surface area contributed by atoms with E-state index < -0.39 is 0 Å². The quantitative estimate of drug-likeness (QED) is 0.551. The van der Waals surface area contributed by atoms with Crippen LogP contribution in [-0.4, -0.2) is 50.0 Å². The Morgan fingerprint density at radius 1 is 1.00 bits per heavy atom. The second kappa shape index (κ2) is 10.5. The summed E-state index contributed by atoms with van der Waals surface area (Å²) in [5.41, 5.74) is 5.45. The number of nitrogens with zero attached hydrogens (tertiary/aromatic N) is 2. The van der Waals surface area contributed by atoms with Crippen LogP contribution in [0, 0.1) is 6.92 Å². The molecular formula is C28H30N4O4. The van der Waals surface area contributed by atoms with E-state index in [1.54, 1.807) is 33.4 Å². The first kappa shape index (κ1) is 24.8. The van der Waals surface area contributed by atoms with E-state index >= 15 is 0 Å². The molecule has 3 aromatic rings. The smallest absolute Gasteiger partial charge is 0.337 e. The van der Waals surface area contributed by atoms with Crippen LogP contribution in [0.15, 0.2) is 65.8 Å². The fraction of sp³-hybridized carbons (Fsp3) is 0.250. The minimum Gasteiger partial charge on any atom is -0.493 e. The van der Waals surface area contributed by atoms with Crippen LogP contribution in [0.1, 0.15) is 39.5 Å². The maximum Gasteiger partial charge on any atom is 0.337 e. The van der Waals surface area contributed by atoms with Gasteiger partial charge in [-0.2, -0.15) is 5.10 Å². The van der Waals surface area contributed by atoms with Gasteiger partial charge in [0.05, 0.1) is 26.0 Å². The van der Waals surface area contributed by atoms with E-state index in [2.05, 4.69) is 10.6 Å². The molecule has 36 heavy (non-hydrogen) atoms. The van der Waals surface area contributed by atoms with E-state index in [1.807, 2.05) is 62.4 Å². The van der Waals surface area contributed by atoms with E-state index in [4.69, 9.17) is 14.6 Å². The topological polar surface area (TPSA) is 92.3 Å². The average molecular weight is 487 g/mol. The first-order chi connectivity index (χ1) is 17.4. The van der Waals surface area contributed by atoms with Crippen LogP contribution in [-0.2, 0) is 6.42 Å². The molecule has 0 saturated carbocycles. The number of carbonyl (C=O) groups is 2. The van der Waals surface area contributed by atoms with Crippen molar-refractivity contribution in [2.45, 2.75) is 26.3 Å². The van der Waals surface area contributed by atoms with Crippen molar-refractivity contribution in [3.8, 4) is 11.5 Å². The fourth-order valence-electron chi connectivity index (χ4n) is 4.24. The standard InChI is InChI=1S/C28H30N4O4/c1-17-8-6-7-9-23(17)30-27(33)20-12-10-19(11-13-20)26-22-16-25(36-5)24(35-4)15-21(22)14-18(2)32(31-26)28(34)29-3/h6-13,15-16,18H,14H2,1-5H3,(H,29,34)(H,30,33). The zero-order chi connectivity index (χ0) is 25.8. The van der Waals surface area contributed by atoms with Crippen molar-refractivity contribution in [3.05, 3.63) is 88.5 Å². The van der Waals surface area contributed by atoms with Gasteiger partial charge in [0.1, 0.15) is 0 Å². The van der Waals surface area contributed by atoms with Crippen LogP contribution in [0.2, 0.25) is 0 Å². The molecular weight excluding hydrogens is 456 g/mol. The number of urea groups is 1. The zero-order valence-corrected chi connectivity index (χ0v) is 21.1. The lowest BCUT2D eigenvalue weighted by Gasteiger charge is -2.22. The highest BCUT2D eigenvalue weighted by Gasteiger charge is 2.28. The van der Waals surface area contributed by atoms with Crippen LogP contribution in [0.25, 0.3) is 0 Å². The summed E-state index contributed by atoms with van der Waals surface area (Å²) in [6.07, 6.45) is 0.576. The van der Waals surface area contributed by atoms with E-state index in [-0.39, 0.29) is 18.0 Å². The predicted molar refractivity (Wildman–Crippen MR) is 140 cm³/mol. The molecule has 0 aromatic heterocycles. The zero-order valence-electron chi connectivity index (χ0n) is 21.1. The van der Waals surface area contributed by atoms with E-state index in [9.17, 15) is 9.59 Å². The van der Waals surface area contributed by atoms with Gasteiger partial charge in [0.15, 0.2) is 11.5 Å². The van der Waals surface area contributed by atoms with Crippen LogP contribution in [0.3, 0.4) is 0 Å². The third kappa shape index (κ3) is 4.88. The van der Waals surface area contributed by atoms with Crippen LogP contribution in [0.4, 0.5) is 10.5 Å². The summed E-state index contributed by atoms with van der Waals surface area (Å²) in [4.78, 5) is 25.5. The molecule has 1 aliphatic rings. The van der Waals surface area contributed by atoms with Gasteiger partial charge in [0, 0.05) is 29.4 Å². The van der Waals surface area contributed by atoms with Crippen molar-refractivity contribution in [1.82, 2.24) is 10.3 Å². The number of fused-ring (bicyclic) bond motifs is 1. The molecule has 0 saturated heterocycles. The lowest BCUT2D eigenvalue weighted by molar-refractivity contribution is 0.102. The van der Waals surface area contributed by atoms with Gasteiger partial charge in [-0.1, -0.05) is 30.3 Å². The normalized spacial score (nSPS) is 14.8. The van der Waals surface area contributed by atoms with Crippen LogP contribution >= 0.6 is 0 Å². The van der Waals surface area contributed by atoms with Gasteiger partial charge < -0.3 is 20.1 Å². The molecule has 2 N–H and O–H groups in total. The molecule has 4 rings (SSSR count). The Morgan fingerprint density at radius 3 is 2.31 bits per heavy atom. The first-order valence-corrected chi connectivity index (χ1v) is 11.7. The SMILES string of the molecule is CNC(=O)N1N=C(c2ccc(C(=O)Nc3ccccc3C)cc2)c2cc(OC)c(OC)cc2CC1C. The van der Waals surface area contributed by atoms with Gasteiger partial charge >= 0.3 is 6.03 Å². The maximum absolute atomic E-state index is 12.9. The molecule has 8 nitrogen and oxygen atoms in total. The Hall–Kier alpha value is -4.33. The van der Waals surface area contributed by atoms with Gasteiger partial charge in [0.25, 0.3) is 5.91 Å². The van der Waals surface area contributed by atoms with Crippen molar-refractivity contribution in [2.75, 3.05) is 26.6 Å². The lowest BCUT2D eigenvalue weighted by atomic mass is 9.93. The first-order valence-electron chi connectivity index (χ1n) is 11.7. The molecule has 3 amide bonds. The molecule has 0 radical (unpaired) electrons. The molecule has 1 aliphatic heterocycles. The van der Waals surface area contributed by atoms with Crippen molar-refractivity contribution >= 4 is 23.3 Å². The number of hydrogen-bond donors (Lipinski definition) is 2. The van der Waals surface area contributed by atoms with Crippen molar-refractivity contribution in [3.63, 3.8) is 0 Å². The van der Waals surface area contributed by atoms with Gasteiger partial charge in [0.2, 0.25) is 0 Å². The summed E-state index contributed by atoms with van der Waals surface area (Å²) in [5, 5.41) is 11.8. The Kier molecular flexibility index (Phi) is 7.24. The molecule has 0 bridgehead atoms. The van der Waals surface area contributed by atoms with Crippen molar-refractivity contribution in [2.24, 2.45) is 5.10 Å². The highest BCUT2D eigenvalue weighted by molar-refractivity contribution is 6.15. The van der Waals surface area contributed by atoms with Crippen molar-refractivity contribution < 1.29 is 19.1 Å². The highest BCUT2D eigenvalue weighted by atomic mass is 16.5. The van der Waals surface area contributed by atoms with Gasteiger partial charge in [-0.15, -0.1) is 0 Å². The number of anilines is 1. The van der Waals surface area contributed by atoms with Crippen LogP contribution in [0.5, 0.6) is 11.5 Å². The number of amides is 3. The summed E-state index contributed by atoms with van der Waals surface area (Å²) in [6, 6.07) is 18.1. The van der Waals surface area contributed by atoms with Crippen molar-refractivity contribution in [1.29, 1.82) is 0 Å². The number of benzene rings is 3. The molecule has 0 fully saturated rings. The van der Waals surface area contributed by atoms with Crippen LogP contribution < -0.4 is 20.1 Å². The number of nitrogens with one attached hydrogen (secondary N) is 2. The van der Waals surface area contributed by atoms with Gasteiger partial charge in [-0.3, -0.25) is 4.79 Å². The Bertz CT molecular complexity index is 1320. The molecule has 3 aromatic carbocycles. The molecule has 8 heteroatoms.